The van der Waals surface area contributed by atoms with Crippen LogP contribution in [0.5, 0.6) is 0 Å². The molecule has 6 aliphatic carbocycles. The monoisotopic (exact) mass is 1250 g/mol. The molecule has 474 valence electrons. The highest BCUT2D eigenvalue weighted by Gasteiger charge is 2.73. The maximum absolute atomic E-state index is 13.9. The maximum Gasteiger partial charge on any atom is 0.369 e. The second-order valence-corrected chi connectivity index (χ2v) is 28.3. The van der Waals surface area contributed by atoms with Crippen LogP contribution in [0.1, 0.15) is 149 Å². The van der Waals surface area contributed by atoms with Crippen molar-refractivity contribution in [2.45, 2.75) is 231 Å². The number of halogens is 4. The molecule has 12 rings (SSSR count). The Kier molecular flexibility index (Phi) is 16.5. The Bertz CT molecular complexity index is 2930. The van der Waals surface area contributed by atoms with Gasteiger partial charge in [-0.15, -0.1) is 0 Å². The summed E-state index contributed by atoms with van der Waals surface area (Å²) in [7, 11) is -12.2. The van der Waals surface area contributed by atoms with Gasteiger partial charge in [0, 0.05) is 35.5 Å². The first-order chi connectivity index (χ1) is 39.9. The maximum atomic E-state index is 13.9. The average Bonchev–Trinajstić information content (AvgIpc) is 1.59. The summed E-state index contributed by atoms with van der Waals surface area (Å²) in [6.07, 6.45) is 3.37. The quantitative estimate of drug-likeness (QED) is 0.0707. The number of hydrogen-bond acceptors (Lipinski definition) is 24. The molecule has 6 saturated heterocycles. The molecular weight excluding hydrogens is 1180 g/mol. The van der Waals surface area contributed by atoms with E-state index < -0.39 is 188 Å². The lowest BCUT2D eigenvalue weighted by molar-refractivity contribution is -0.187. The van der Waals surface area contributed by atoms with Crippen molar-refractivity contribution >= 4 is 68.0 Å². The van der Waals surface area contributed by atoms with Gasteiger partial charge in [0.1, 0.15) is 35.6 Å². The van der Waals surface area contributed by atoms with Crippen LogP contribution in [0.2, 0.25) is 0 Å². The number of rotatable bonds is 20. The second-order valence-electron chi connectivity index (χ2n) is 25.4. The third kappa shape index (κ3) is 11.1. The first-order valence-electron chi connectivity index (χ1n) is 29.6. The highest BCUT2D eigenvalue weighted by Crippen LogP contribution is 2.62. The van der Waals surface area contributed by atoms with Crippen molar-refractivity contribution in [1.82, 2.24) is 0 Å². The molecule has 0 amide bonds. The molecule has 20 atom stereocenters. The number of hydrogen-bond donors (Lipinski definition) is 0. The van der Waals surface area contributed by atoms with E-state index in [0.29, 0.717) is 26.7 Å². The lowest BCUT2D eigenvalue weighted by Crippen LogP contribution is -2.51. The molecule has 8 bridgehead atoms. The zero-order chi connectivity index (χ0) is 61.1. The Labute approximate surface area is 486 Å². The molecule has 0 radical (unpaired) electrons. The highest BCUT2D eigenvalue weighted by molar-refractivity contribution is 7.87. The zero-order valence-electron chi connectivity index (χ0n) is 46.5. The van der Waals surface area contributed by atoms with Gasteiger partial charge in [0.15, 0.2) is 32.4 Å². The van der Waals surface area contributed by atoms with Crippen LogP contribution in [-0.4, -0.2) is 156 Å². The Balaban J connectivity index is 0.000000177. The van der Waals surface area contributed by atoms with Crippen molar-refractivity contribution in [2.24, 2.45) is 59.2 Å². The van der Waals surface area contributed by atoms with E-state index in [1.165, 1.54) is 0 Å². The van der Waals surface area contributed by atoms with Crippen LogP contribution >= 0.6 is 0 Å². The van der Waals surface area contributed by atoms with Gasteiger partial charge in [-0.25, -0.2) is 16.8 Å². The Hall–Kier alpha value is -4.78. The molecular formula is C55H68F4O24S2-2. The molecule has 6 saturated carbocycles. The summed E-state index contributed by atoms with van der Waals surface area (Å²) in [5.41, 5.74) is -1.31. The zero-order valence-corrected chi connectivity index (χ0v) is 48.2. The summed E-state index contributed by atoms with van der Waals surface area (Å²) in [4.78, 5) is 103. The van der Waals surface area contributed by atoms with E-state index >= 15 is 0 Å². The van der Waals surface area contributed by atoms with E-state index in [1.54, 1.807) is 0 Å². The largest absolute Gasteiger partial charge is 0.743 e. The summed E-state index contributed by atoms with van der Waals surface area (Å²) < 4.78 is 175. The average molecular weight is 1250 g/mol. The standard InChI is InChI=1S/C28H36F2O12S.C27H34F2O12S/c1-13(28(29,30)43(35,36)37)38-19(31)7-8-20(32)40-23-16-12-15-21(25(33)41-24(15)23)22(16)26(34)42-27(9-3-2-4-10-27)17-11-14-5-6-18(17)39-14;1-12(27(28,29)42(34,35)36)37-18(30)6-7-19(31)39-22-15-11-14-20(24(32)40-23(14)22)21(15)25(33)41-26(8-2-3-9-26)16-10-13-4-5-17(16)38-13/h13-18,21-24H,2-12H2,1H3,(H,35,36,37);12-17,20-23H,2-11H2,1H3,(H,34,35,36)/p-2. The highest BCUT2D eigenvalue weighted by atomic mass is 32.2. The van der Waals surface area contributed by atoms with Crippen LogP contribution in [0.15, 0.2) is 0 Å². The minimum Gasteiger partial charge on any atom is -0.743 e. The fourth-order valence-corrected chi connectivity index (χ4v) is 17.9. The third-order valence-corrected chi connectivity index (χ3v) is 22.8. The molecule has 12 aliphatic rings. The second kappa shape index (κ2) is 22.7. The number of carbonyl (C=O) groups excluding carboxylic acids is 8. The predicted octanol–water partition coefficient (Wildman–Crippen LogP) is 4.35. The normalized spacial score (nSPS) is 38.2. The fraction of sp³-hybridized carbons (Fsp3) is 0.855. The van der Waals surface area contributed by atoms with Crippen molar-refractivity contribution in [1.29, 1.82) is 0 Å². The van der Waals surface area contributed by atoms with E-state index in [2.05, 4.69) is 9.47 Å². The van der Waals surface area contributed by atoms with Gasteiger partial charge in [0.2, 0.25) is 0 Å². The third-order valence-electron chi connectivity index (χ3n) is 20.8. The number of alkyl halides is 4. The Morgan fingerprint density at radius 3 is 1.22 bits per heavy atom. The lowest BCUT2D eigenvalue weighted by atomic mass is 9.69. The minimum atomic E-state index is -6.08. The fourth-order valence-electron chi connectivity index (χ4n) is 17.0. The van der Waals surface area contributed by atoms with E-state index in [0.717, 1.165) is 96.3 Å². The number of esters is 8. The predicted molar refractivity (Wildman–Crippen MR) is 267 cm³/mol. The van der Waals surface area contributed by atoms with E-state index in [4.69, 9.17) is 37.9 Å². The molecule has 12 fully saturated rings. The molecule has 24 nitrogen and oxygen atoms in total. The van der Waals surface area contributed by atoms with E-state index in [1.807, 2.05) is 0 Å². The number of ether oxygens (including phenoxy) is 10. The van der Waals surface area contributed by atoms with Gasteiger partial charge in [-0.3, -0.25) is 38.4 Å². The minimum absolute atomic E-state index is 0.0519. The van der Waals surface area contributed by atoms with Crippen LogP contribution in [0.25, 0.3) is 0 Å². The van der Waals surface area contributed by atoms with E-state index in [-0.39, 0.29) is 48.1 Å². The molecule has 0 aromatic heterocycles. The lowest BCUT2D eigenvalue weighted by Gasteiger charge is -2.45. The molecule has 6 aliphatic heterocycles. The van der Waals surface area contributed by atoms with Gasteiger partial charge in [-0.05, 0) is 117 Å². The first kappa shape index (κ1) is 61.9. The van der Waals surface area contributed by atoms with Crippen LogP contribution in [0.4, 0.5) is 17.6 Å². The SMILES string of the molecule is CC(OC(=O)CCC(=O)OC1C2CC3C1OC(=O)C3C2C(=O)OC1(C2CC3CCC2O3)CCCC1)C(F)(F)S(=O)(=O)[O-].CC(OC(=O)CCC(=O)OC1C2CC3C1OC(=O)C3C2C(=O)OC1(C2CC3CCC2O3)CCCCC1)C(F)(F)S(=O)(=O)[O-]. The van der Waals surface area contributed by atoms with Gasteiger partial charge in [0.25, 0.3) is 0 Å². The Morgan fingerprint density at radius 2 is 0.894 bits per heavy atom. The van der Waals surface area contributed by atoms with Crippen LogP contribution in [-0.2, 0) is 106 Å². The summed E-state index contributed by atoms with van der Waals surface area (Å²) in [5, 5.41) is -9.69. The summed E-state index contributed by atoms with van der Waals surface area (Å²) in [6, 6.07) is 0. The number of carbonyl (C=O) groups is 8. The first-order valence-corrected chi connectivity index (χ1v) is 32.4. The van der Waals surface area contributed by atoms with Crippen molar-refractivity contribution in [3.05, 3.63) is 0 Å². The molecule has 20 unspecified atom stereocenters. The molecule has 0 aromatic carbocycles. The summed E-state index contributed by atoms with van der Waals surface area (Å²) >= 11 is 0. The molecule has 85 heavy (non-hydrogen) atoms. The van der Waals surface area contributed by atoms with Crippen molar-refractivity contribution in [3.63, 3.8) is 0 Å². The van der Waals surface area contributed by atoms with E-state index in [9.17, 15) is 81.9 Å². The molecule has 0 aromatic rings. The smallest absolute Gasteiger partial charge is 0.369 e. The van der Waals surface area contributed by atoms with Crippen molar-refractivity contribution in [2.75, 3.05) is 0 Å². The molecule has 0 N–H and O–H groups in total. The van der Waals surface area contributed by atoms with Gasteiger partial charge < -0.3 is 56.5 Å². The van der Waals surface area contributed by atoms with Gasteiger partial charge >= 0.3 is 58.3 Å². The van der Waals surface area contributed by atoms with Crippen LogP contribution in [0.3, 0.4) is 0 Å². The number of fused-ring (bicyclic) bond motifs is 6. The van der Waals surface area contributed by atoms with Gasteiger partial charge in [-0.1, -0.05) is 6.42 Å². The van der Waals surface area contributed by atoms with Crippen molar-refractivity contribution < 1.29 is 129 Å². The van der Waals surface area contributed by atoms with Gasteiger partial charge in [0.05, 0.1) is 73.8 Å². The van der Waals surface area contributed by atoms with Crippen LogP contribution in [0, 0.1) is 59.2 Å². The topological polar surface area (TPSA) is 343 Å². The van der Waals surface area contributed by atoms with Crippen LogP contribution < -0.4 is 0 Å². The molecule has 6 heterocycles. The Morgan fingerprint density at radius 1 is 0.541 bits per heavy atom. The molecule has 0 spiro atoms. The van der Waals surface area contributed by atoms with Crippen molar-refractivity contribution in [3.8, 4) is 0 Å². The molecule has 30 heteroatoms. The van der Waals surface area contributed by atoms with Gasteiger partial charge in [-0.2, -0.15) is 17.6 Å². The summed E-state index contributed by atoms with van der Waals surface area (Å²) in [5.74, 6) is -11.2. The summed E-state index contributed by atoms with van der Waals surface area (Å²) in [6.45, 7) is 1.09.